The Hall–Kier alpha value is -2.34. The number of carbonyl (C=O) groups excluding carboxylic acids is 1. The molecular weight excluding hydrogens is 326 g/mol. The van der Waals surface area contributed by atoms with Crippen LogP contribution in [0.3, 0.4) is 0 Å². The monoisotopic (exact) mass is 347 g/mol. The summed E-state index contributed by atoms with van der Waals surface area (Å²) in [5, 5.41) is 0. The maximum atomic E-state index is 13.1. The van der Waals surface area contributed by atoms with Crippen molar-refractivity contribution in [3.8, 4) is 0 Å². The number of carbonyl (C=O) groups is 1. The van der Waals surface area contributed by atoms with E-state index in [0.29, 0.717) is 9.87 Å². The van der Waals surface area contributed by atoms with E-state index in [1.165, 1.54) is 6.07 Å². The van der Waals surface area contributed by atoms with Crippen molar-refractivity contribution < 1.29 is 17.9 Å². The highest BCUT2D eigenvalue weighted by atomic mass is 32.2. The zero-order valence-electron chi connectivity index (χ0n) is 14.2. The highest BCUT2D eigenvalue weighted by molar-refractivity contribution is 7.93. The van der Waals surface area contributed by atoms with E-state index < -0.39 is 21.7 Å². The third-order valence-corrected chi connectivity index (χ3v) is 5.02. The number of ether oxygens (including phenoxy) is 1. The molecule has 0 aliphatic heterocycles. The van der Waals surface area contributed by atoms with Crippen molar-refractivity contribution in [1.82, 2.24) is 0 Å². The zero-order valence-corrected chi connectivity index (χ0v) is 15.0. The van der Waals surface area contributed by atoms with Crippen LogP contribution in [0.4, 0.5) is 10.5 Å². The van der Waals surface area contributed by atoms with Gasteiger partial charge in [0.2, 0.25) is 0 Å². The molecule has 24 heavy (non-hydrogen) atoms. The summed E-state index contributed by atoms with van der Waals surface area (Å²) in [5.41, 5.74) is -0.0252. The second kappa shape index (κ2) is 6.65. The predicted octanol–water partition coefficient (Wildman–Crippen LogP) is 4.13. The van der Waals surface area contributed by atoms with Crippen molar-refractivity contribution in [2.24, 2.45) is 0 Å². The van der Waals surface area contributed by atoms with Gasteiger partial charge in [-0.2, -0.15) is 4.31 Å². The van der Waals surface area contributed by atoms with E-state index in [0.717, 1.165) is 0 Å². The van der Waals surface area contributed by atoms with Gasteiger partial charge in [0, 0.05) is 0 Å². The van der Waals surface area contributed by atoms with E-state index in [9.17, 15) is 13.2 Å². The van der Waals surface area contributed by atoms with Crippen LogP contribution in [0.1, 0.15) is 26.3 Å². The lowest BCUT2D eigenvalue weighted by molar-refractivity contribution is 0.0609. The Morgan fingerprint density at radius 1 is 0.958 bits per heavy atom. The molecule has 0 unspecified atom stereocenters. The summed E-state index contributed by atoms with van der Waals surface area (Å²) in [7, 11) is -4.10. The minimum absolute atomic E-state index is 0.0692. The van der Waals surface area contributed by atoms with Crippen LogP contribution in [0.5, 0.6) is 0 Å². The summed E-state index contributed by atoms with van der Waals surface area (Å²) < 4.78 is 32.2. The Labute approximate surface area is 142 Å². The van der Waals surface area contributed by atoms with Crippen LogP contribution >= 0.6 is 0 Å². The van der Waals surface area contributed by atoms with Crippen LogP contribution in [0.15, 0.2) is 59.5 Å². The molecule has 6 heteroatoms. The number of hydrogen-bond donors (Lipinski definition) is 0. The van der Waals surface area contributed by atoms with Gasteiger partial charge in [0.25, 0.3) is 10.0 Å². The molecule has 0 aromatic heterocycles. The average Bonchev–Trinajstić information content (AvgIpc) is 2.46. The van der Waals surface area contributed by atoms with Crippen molar-refractivity contribution in [2.45, 2.75) is 38.2 Å². The van der Waals surface area contributed by atoms with Gasteiger partial charge in [-0.05, 0) is 51.5 Å². The molecule has 0 bridgehead atoms. The molecule has 0 saturated heterocycles. The molecule has 0 spiro atoms. The van der Waals surface area contributed by atoms with E-state index in [2.05, 4.69) is 0 Å². The maximum absolute atomic E-state index is 13.1. The van der Waals surface area contributed by atoms with Gasteiger partial charge in [0.1, 0.15) is 5.60 Å². The first-order valence-corrected chi connectivity index (χ1v) is 8.96. The summed E-state index contributed by atoms with van der Waals surface area (Å²) in [5.74, 6) is 0. The van der Waals surface area contributed by atoms with Crippen LogP contribution < -0.4 is 4.31 Å². The first kappa shape index (κ1) is 18.0. The molecule has 0 fully saturated rings. The van der Waals surface area contributed by atoms with Gasteiger partial charge in [-0.15, -0.1) is 0 Å². The molecule has 2 aromatic carbocycles. The first-order valence-electron chi connectivity index (χ1n) is 7.52. The van der Waals surface area contributed by atoms with E-state index in [-0.39, 0.29) is 10.6 Å². The quantitative estimate of drug-likeness (QED) is 0.837. The third kappa shape index (κ3) is 3.94. The number of aryl methyl sites for hydroxylation is 1. The minimum atomic E-state index is -4.10. The highest BCUT2D eigenvalue weighted by Gasteiger charge is 2.35. The second-order valence-corrected chi connectivity index (χ2v) is 8.11. The summed E-state index contributed by atoms with van der Waals surface area (Å²) in [6.07, 6.45) is -0.933. The molecule has 2 aromatic rings. The van der Waals surface area contributed by atoms with Gasteiger partial charge in [0.05, 0.1) is 10.6 Å². The molecule has 0 aliphatic rings. The lowest BCUT2D eigenvalue weighted by Crippen LogP contribution is -2.41. The van der Waals surface area contributed by atoms with Crippen molar-refractivity contribution in [1.29, 1.82) is 0 Å². The minimum Gasteiger partial charge on any atom is -0.443 e. The van der Waals surface area contributed by atoms with E-state index >= 15 is 0 Å². The lowest BCUT2D eigenvalue weighted by Gasteiger charge is -2.27. The van der Waals surface area contributed by atoms with Gasteiger partial charge in [-0.3, -0.25) is 0 Å². The normalized spacial score (nSPS) is 11.8. The topological polar surface area (TPSA) is 63.7 Å². The highest BCUT2D eigenvalue weighted by Crippen LogP contribution is 2.27. The summed E-state index contributed by atoms with van der Waals surface area (Å²) in [4.78, 5) is 12.7. The SMILES string of the molecule is Cc1ccccc1S(=O)(=O)N(C(=O)OC(C)(C)C)c1ccccc1. The number of sulfonamides is 1. The number of amides is 1. The Kier molecular flexibility index (Phi) is 4.99. The van der Waals surface area contributed by atoms with Gasteiger partial charge >= 0.3 is 6.09 Å². The molecule has 0 aliphatic carbocycles. The second-order valence-electron chi connectivity index (χ2n) is 6.35. The number of benzene rings is 2. The number of hydrogen-bond acceptors (Lipinski definition) is 4. The predicted molar refractivity (Wildman–Crippen MR) is 93.5 cm³/mol. The van der Waals surface area contributed by atoms with Gasteiger partial charge in [-0.1, -0.05) is 36.4 Å². The van der Waals surface area contributed by atoms with Crippen LogP contribution in [0.2, 0.25) is 0 Å². The fraction of sp³-hybridized carbons (Fsp3) is 0.278. The summed E-state index contributed by atoms with van der Waals surface area (Å²) in [6, 6.07) is 14.7. The Bertz CT molecular complexity index is 824. The Balaban J connectivity index is 2.58. The molecule has 0 heterocycles. The molecule has 128 valence electrons. The number of rotatable bonds is 3. The Morgan fingerprint density at radius 2 is 1.50 bits per heavy atom. The molecular formula is C18H21NO4S. The van der Waals surface area contributed by atoms with E-state index in [1.54, 1.807) is 76.2 Å². The third-order valence-electron chi connectivity index (χ3n) is 3.16. The van der Waals surface area contributed by atoms with Gasteiger partial charge < -0.3 is 4.74 Å². The van der Waals surface area contributed by atoms with Crippen molar-refractivity contribution in [3.63, 3.8) is 0 Å². The molecule has 2 rings (SSSR count). The van der Waals surface area contributed by atoms with Crippen LogP contribution in [0.25, 0.3) is 0 Å². The Morgan fingerprint density at radius 3 is 2.04 bits per heavy atom. The standard InChI is InChI=1S/C18H21NO4S/c1-14-10-8-9-13-16(14)24(21,22)19(15-11-6-5-7-12-15)17(20)23-18(2,3)4/h5-13H,1-4H3. The van der Waals surface area contributed by atoms with Crippen molar-refractivity contribution >= 4 is 21.8 Å². The molecule has 1 amide bonds. The lowest BCUT2D eigenvalue weighted by atomic mass is 10.2. The molecule has 0 atom stereocenters. The van der Waals surface area contributed by atoms with Gasteiger partial charge in [-0.25, -0.2) is 13.2 Å². The number of para-hydroxylation sites is 1. The molecule has 0 radical (unpaired) electrons. The fourth-order valence-electron chi connectivity index (χ4n) is 2.15. The number of anilines is 1. The smallest absolute Gasteiger partial charge is 0.429 e. The average molecular weight is 347 g/mol. The summed E-state index contributed by atoms with van der Waals surface area (Å²) in [6.45, 7) is 6.75. The summed E-state index contributed by atoms with van der Waals surface area (Å²) >= 11 is 0. The fourth-order valence-corrected chi connectivity index (χ4v) is 3.71. The van der Waals surface area contributed by atoms with Crippen molar-refractivity contribution in [3.05, 3.63) is 60.2 Å². The largest absolute Gasteiger partial charge is 0.443 e. The van der Waals surface area contributed by atoms with E-state index in [1.807, 2.05) is 0 Å². The first-order chi connectivity index (χ1) is 11.1. The molecule has 0 N–H and O–H groups in total. The number of nitrogens with zero attached hydrogens (tertiary/aromatic N) is 1. The molecule has 5 nitrogen and oxygen atoms in total. The van der Waals surface area contributed by atoms with Crippen LogP contribution in [0, 0.1) is 6.92 Å². The maximum Gasteiger partial charge on any atom is 0.429 e. The van der Waals surface area contributed by atoms with Crippen molar-refractivity contribution in [2.75, 3.05) is 4.31 Å². The van der Waals surface area contributed by atoms with Crippen LogP contribution in [-0.2, 0) is 14.8 Å². The van der Waals surface area contributed by atoms with Crippen LogP contribution in [-0.4, -0.2) is 20.1 Å². The van der Waals surface area contributed by atoms with E-state index in [4.69, 9.17) is 4.74 Å². The molecule has 0 saturated carbocycles. The van der Waals surface area contributed by atoms with Gasteiger partial charge in [0.15, 0.2) is 0 Å². The zero-order chi connectivity index (χ0) is 18.0.